The van der Waals surface area contributed by atoms with Crippen LogP contribution in [-0.4, -0.2) is 28.6 Å². The lowest BCUT2D eigenvalue weighted by Gasteiger charge is -1.91. The van der Waals surface area contributed by atoms with E-state index in [9.17, 15) is 0 Å². The number of aliphatic hydroxyl groups excluding tert-OH is 2. The molecule has 154 valence electrons. The number of hydrogen-bond donors (Lipinski definition) is 4. The van der Waals surface area contributed by atoms with E-state index in [2.05, 4.69) is 19.9 Å². The van der Waals surface area contributed by atoms with Crippen molar-refractivity contribution < 1.29 is 15.3 Å². The van der Waals surface area contributed by atoms with Gasteiger partial charge in [0.2, 0.25) is 0 Å². The SMILES string of the molecule is C=C/C(=C\C(=C)Cl)CO.C=N.CC.OCc1ccccc1.Oc1ccccc1. The minimum atomic E-state index is -0.0464. The molecule has 4 nitrogen and oxygen atoms in total. The lowest BCUT2D eigenvalue weighted by Crippen LogP contribution is -1.83. The van der Waals surface area contributed by atoms with Crippen molar-refractivity contribution >= 4 is 18.3 Å². The van der Waals surface area contributed by atoms with Crippen LogP contribution in [-0.2, 0) is 6.61 Å². The summed E-state index contributed by atoms with van der Waals surface area (Å²) in [5, 5.41) is 31.6. The number of nitrogens with one attached hydrogen (secondary N) is 1. The predicted octanol–water partition coefficient (Wildman–Crippen LogP) is 5.71. The molecule has 0 saturated carbocycles. The van der Waals surface area contributed by atoms with Gasteiger partial charge in [-0.05, 0) is 36.1 Å². The molecule has 0 amide bonds. The Morgan fingerprint density at radius 1 is 0.964 bits per heavy atom. The van der Waals surface area contributed by atoms with Gasteiger partial charge in [0.15, 0.2) is 0 Å². The number of hydrogen-bond acceptors (Lipinski definition) is 4. The number of rotatable bonds is 4. The monoisotopic (exact) mass is 405 g/mol. The Bertz CT molecular complexity index is 629. The third-order valence-corrected chi connectivity index (χ3v) is 2.68. The number of phenols is 1. The maximum absolute atomic E-state index is 8.63. The van der Waals surface area contributed by atoms with Gasteiger partial charge in [0.05, 0.1) is 13.2 Å². The van der Waals surface area contributed by atoms with Crippen LogP contribution in [0.4, 0.5) is 0 Å². The first kappa shape index (κ1) is 30.1. The van der Waals surface area contributed by atoms with E-state index in [0.717, 1.165) is 5.56 Å². The molecule has 2 aromatic carbocycles. The van der Waals surface area contributed by atoms with Gasteiger partial charge in [-0.25, -0.2) is 0 Å². The van der Waals surface area contributed by atoms with Gasteiger partial charge < -0.3 is 20.7 Å². The maximum atomic E-state index is 8.63. The van der Waals surface area contributed by atoms with Gasteiger partial charge in [0, 0.05) is 5.03 Å². The Morgan fingerprint density at radius 3 is 1.57 bits per heavy atom. The second-order valence-corrected chi connectivity index (χ2v) is 4.99. The topological polar surface area (TPSA) is 84.5 Å². The van der Waals surface area contributed by atoms with Crippen LogP contribution >= 0.6 is 11.6 Å². The van der Waals surface area contributed by atoms with Crippen LogP contribution in [0.3, 0.4) is 0 Å². The molecular weight excluding hydrogens is 374 g/mol. The van der Waals surface area contributed by atoms with Crippen LogP contribution in [0, 0.1) is 5.41 Å². The zero-order chi connectivity index (χ0) is 22.2. The summed E-state index contributed by atoms with van der Waals surface area (Å²) in [6, 6.07) is 18.2. The first-order valence-corrected chi connectivity index (χ1v) is 8.93. The van der Waals surface area contributed by atoms with Gasteiger partial charge in [-0.3, -0.25) is 0 Å². The van der Waals surface area contributed by atoms with Crippen molar-refractivity contribution in [2.24, 2.45) is 0 Å². The van der Waals surface area contributed by atoms with Gasteiger partial charge in [-0.1, -0.05) is 93.2 Å². The maximum Gasteiger partial charge on any atom is 0.115 e. The largest absolute Gasteiger partial charge is 0.508 e. The standard InChI is InChI=1S/C7H9ClO.C7H8O.C6H6O.C2H6.CH3N/c1-3-7(5-9)4-6(2)8;8-6-7-4-2-1-3-5-7;7-6-4-2-1-3-5-6;2*1-2/h3-4,9H,1-2,5H2;1-5,8H,6H2;1-5,7H;1-2H3;2H,1H2/b7-4+;;;;. The van der Waals surface area contributed by atoms with Crippen molar-refractivity contribution in [3.63, 3.8) is 0 Å². The summed E-state index contributed by atoms with van der Waals surface area (Å²) in [5.41, 5.74) is 1.64. The van der Waals surface area contributed by atoms with Crippen molar-refractivity contribution in [1.82, 2.24) is 0 Å². The summed E-state index contributed by atoms with van der Waals surface area (Å²) < 4.78 is 0. The highest BCUT2D eigenvalue weighted by molar-refractivity contribution is 6.30. The highest BCUT2D eigenvalue weighted by atomic mass is 35.5. The molecule has 5 heteroatoms. The zero-order valence-corrected chi connectivity index (χ0v) is 17.4. The van der Waals surface area contributed by atoms with Crippen molar-refractivity contribution in [3.8, 4) is 5.75 Å². The van der Waals surface area contributed by atoms with Crippen molar-refractivity contribution in [2.45, 2.75) is 20.5 Å². The van der Waals surface area contributed by atoms with E-state index in [0.29, 0.717) is 16.4 Å². The van der Waals surface area contributed by atoms with Crippen molar-refractivity contribution in [3.05, 3.63) is 102 Å². The third-order valence-electron chi connectivity index (χ3n) is 2.57. The Morgan fingerprint density at radius 2 is 1.39 bits per heavy atom. The number of aromatic hydroxyl groups is 1. The van der Waals surface area contributed by atoms with E-state index in [1.807, 2.05) is 50.2 Å². The molecule has 4 N–H and O–H groups in total. The lowest BCUT2D eigenvalue weighted by molar-refractivity contribution is 0.282. The summed E-state index contributed by atoms with van der Waals surface area (Å²) in [6.45, 7) is 13.5. The Labute approximate surface area is 174 Å². The van der Waals surface area contributed by atoms with E-state index in [1.165, 1.54) is 6.08 Å². The second kappa shape index (κ2) is 24.3. The van der Waals surface area contributed by atoms with E-state index in [4.69, 9.17) is 32.3 Å². The quantitative estimate of drug-likeness (QED) is 0.388. The molecule has 0 bridgehead atoms. The van der Waals surface area contributed by atoms with Crippen molar-refractivity contribution in [1.29, 1.82) is 5.41 Å². The summed E-state index contributed by atoms with van der Waals surface area (Å²) in [6.07, 6.45) is 3.10. The Balaban J connectivity index is -0.000000308. The van der Waals surface area contributed by atoms with E-state index < -0.39 is 0 Å². The number of aliphatic hydroxyl groups is 2. The smallest absolute Gasteiger partial charge is 0.115 e. The molecule has 0 aliphatic heterocycles. The lowest BCUT2D eigenvalue weighted by atomic mass is 10.2. The van der Waals surface area contributed by atoms with Gasteiger partial charge in [-0.2, -0.15) is 0 Å². The van der Waals surface area contributed by atoms with Crippen LogP contribution in [0.1, 0.15) is 19.4 Å². The molecule has 0 heterocycles. The minimum Gasteiger partial charge on any atom is -0.508 e. The van der Waals surface area contributed by atoms with Gasteiger partial charge in [0.25, 0.3) is 0 Å². The number of para-hydroxylation sites is 1. The molecule has 0 fully saturated rings. The zero-order valence-electron chi connectivity index (χ0n) is 16.7. The van der Waals surface area contributed by atoms with Gasteiger partial charge >= 0.3 is 0 Å². The highest BCUT2D eigenvalue weighted by Crippen LogP contribution is 2.04. The van der Waals surface area contributed by atoms with Gasteiger partial charge in [0.1, 0.15) is 5.75 Å². The van der Waals surface area contributed by atoms with Crippen molar-refractivity contribution in [2.75, 3.05) is 6.61 Å². The molecule has 0 spiro atoms. The van der Waals surface area contributed by atoms with E-state index in [-0.39, 0.29) is 13.2 Å². The predicted molar refractivity (Wildman–Crippen MR) is 122 cm³/mol. The fraction of sp³-hybridized carbons (Fsp3) is 0.174. The van der Waals surface area contributed by atoms with Gasteiger partial charge in [-0.15, -0.1) is 0 Å². The van der Waals surface area contributed by atoms with E-state index in [1.54, 1.807) is 30.3 Å². The number of benzene rings is 2. The molecule has 0 aliphatic rings. The summed E-state index contributed by atoms with van der Waals surface area (Å²) in [5.74, 6) is 0.322. The van der Waals surface area contributed by atoms with Crippen LogP contribution in [0.5, 0.6) is 5.75 Å². The van der Waals surface area contributed by atoms with Crippen LogP contribution < -0.4 is 0 Å². The molecule has 0 saturated heterocycles. The van der Waals surface area contributed by atoms with Crippen LogP contribution in [0.15, 0.2) is 96.6 Å². The number of halogens is 1. The first-order valence-electron chi connectivity index (χ1n) is 8.55. The number of allylic oxidation sites excluding steroid dienone is 2. The molecular formula is C23H32ClNO3. The normalized spacial score (nSPS) is 8.68. The molecule has 2 rings (SSSR count). The fourth-order valence-corrected chi connectivity index (χ4v) is 1.52. The minimum absolute atomic E-state index is 0.0464. The Hall–Kier alpha value is -2.66. The molecule has 2 aromatic rings. The van der Waals surface area contributed by atoms with Crippen LogP contribution in [0.25, 0.3) is 0 Å². The molecule has 0 unspecified atom stereocenters. The summed E-state index contributed by atoms with van der Waals surface area (Å²) in [4.78, 5) is 0. The summed E-state index contributed by atoms with van der Waals surface area (Å²) >= 11 is 5.40. The Kier molecular flexibility index (Phi) is 26.1. The molecule has 28 heavy (non-hydrogen) atoms. The first-order chi connectivity index (χ1) is 13.5. The fourth-order valence-electron chi connectivity index (χ4n) is 1.38. The average Bonchev–Trinajstić information content (AvgIpc) is 2.76. The molecule has 0 aliphatic carbocycles. The average molecular weight is 406 g/mol. The molecule has 0 aromatic heterocycles. The van der Waals surface area contributed by atoms with E-state index >= 15 is 0 Å². The second-order valence-electron chi connectivity index (χ2n) is 4.51. The number of phenolic OH excluding ortho intramolecular Hbond substituents is 1. The van der Waals surface area contributed by atoms with Crippen LogP contribution in [0.2, 0.25) is 0 Å². The third kappa shape index (κ3) is 21.4. The highest BCUT2D eigenvalue weighted by Gasteiger charge is 1.86. The molecule has 0 atom stereocenters. The molecule has 0 radical (unpaired) electrons. The summed E-state index contributed by atoms with van der Waals surface area (Å²) in [7, 11) is 0.